The van der Waals surface area contributed by atoms with Gasteiger partial charge in [0.25, 0.3) is 0 Å². The van der Waals surface area contributed by atoms with Crippen LogP contribution in [0.4, 0.5) is 5.69 Å². The molecule has 1 heterocycles. The summed E-state index contributed by atoms with van der Waals surface area (Å²) in [5, 5.41) is 3.38. The van der Waals surface area contributed by atoms with Gasteiger partial charge in [-0.05, 0) is 53.6 Å². The SMILES string of the molecule is Cc1cc(C(=O)c2cc3c(ccc4ccccc43)[nH]2)ccc1N. The molecule has 0 radical (unpaired) electrons. The molecular formula is C20H16N2O. The zero-order valence-electron chi connectivity index (χ0n) is 12.8. The fraction of sp³-hybridized carbons (Fsp3) is 0.0500. The predicted molar refractivity (Wildman–Crippen MR) is 94.8 cm³/mol. The van der Waals surface area contributed by atoms with Crippen LogP contribution < -0.4 is 5.73 Å². The highest BCUT2D eigenvalue weighted by Gasteiger charge is 2.14. The molecule has 3 aromatic carbocycles. The maximum Gasteiger partial charge on any atom is 0.209 e. The highest BCUT2D eigenvalue weighted by atomic mass is 16.1. The summed E-state index contributed by atoms with van der Waals surface area (Å²) in [7, 11) is 0. The molecule has 0 fully saturated rings. The van der Waals surface area contributed by atoms with Gasteiger partial charge in [0.1, 0.15) is 0 Å². The quantitative estimate of drug-likeness (QED) is 0.424. The summed E-state index contributed by atoms with van der Waals surface area (Å²) in [6.45, 7) is 1.91. The second kappa shape index (κ2) is 4.99. The minimum atomic E-state index is -0.0200. The Hall–Kier alpha value is -3.07. The maximum atomic E-state index is 12.7. The largest absolute Gasteiger partial charge is 0.399 e. The molecule has 3 N–H and O–H groups in total. The van der Waals surface area contributed by atoms with Crippen LogP contribution in [0, 0.1) is 6.92 Å². The van der Waals surface area contributed by atoms with Gasteiger partial charge in [-0.15, -0.1) is 0 Å². The number of ketones is 1. The topological polar surface area (TPSA) is 58.9 Å². The second-order valence-electron chi connectivity index (χ2n) is 5.83. The van der Waals surface area contributed by atoms with E-state index in [4.69, 9.17) is 5.73 Å². The number of anilines is 1. The third kappa shape index (κ3) is 2.18. The number of hydrogen-bond acceptors (Lipinski definition) is 2. The number of H-pyrrole nitrogens is 1. The molecule has 1 aromatic heterocycles. The van der Waals surface area contributed by atoms with E-state index in [1.165, 1.54) is 5.39 Å². The number of aromatic nitrogens is 1. The number of fused-ring (bicyclic) bond motifs is 3. The van der Waals surface area contributed by atoms with Crippen LogP contribution in [0.15, 0.2) is 60.7 Å². The Morgan fingerprint density at radius 3 is 2.61 bits per heavy atom. The van der Waals surface area contributed by atoms with Crippen LogP contribution in [-0.2, 0) is 0 Å². The van der Waals surface area contributed by atoms with Gasteiger partial charge in [0, 0.05) is 22.2 Å². The fourth-order valence-electron chi connectivity index (χ4n) is 2.98. The summed E-state index contributed by atoms with van der Waals surface area (Å²) in [6, 6.07) is 19.6. The molecule has 4 rings (SSSR count). The highest BCUT2D eigenvalue weighted by Crippen LogP contribution is 2.27. The minimum Gasteiger partial charge on any atom is -0.399 e. The number of nitrogens with two attached hydrogens (primary N) is 1. The number of nitrogen functional groups attached to an aromatic ring is 1. The summed E-state index contributed by atoms with van der Waals surface area (Å²) in [5.74, 6) is -0.0200. The van der Waals surface area contributed by atoms with Crippen molar-refractivity contribution in [1.82, 2.24) is 4.98 Å². The lowest BCUT2D eigenvalue weighted by atomic mass is 10.0. The van der Waals surface area contributed by atoms with Crippen LogP contribution in [0.25, 0.3) is 21.7 Å². The monoisotopic (exact) mass is 300 g/mol. The van der Waals surface area contributed by atoms with Crippen molar-refractivity contribution in [2.45, 2.75) is 6.92 Å². The van der Waals surface area contributed by atoms with Gasteiger partial charge < -0.3 is 10.7 Å². The molecule has 0 aliphatic rings. The van der Waals surface area contributed by atoms with E-state index in [9.17, 15) is 4.79 Å². The van der Waals surface area contributed by atoms with E-state index in [1.54, 1.807) is 12.1 Å². The zero-order chi connectivity index (χ0) is 16.0. The fourth-order valence-corrected chi connectivity index (χ4v) is 2.98. The number of hydrogen-bond donors (Lipinski definition) is 2. The Labute approximate surface area is 133 Å². The number of carbonyl (C=O) groups excluding carboxylic acids is 1. The predicted octanol–water partition coefficient (Wildman–Crippen LogP) is 4.44. The lowest BCUT2D eigenvalue weighted by molar-refractivity contribution is 0.103. The first kappa shape index (κ1) is 13.6. The molecule has 112 valence electrons. The number of benzene rings is 3. The van der Waals surface area contributed by atoms with Crippen molar-refractivity contribution in [2.24, 2.45) is 0 Å². The first-order valence-electron chi connectivity index (χ1n) is 7.55. The van der Waals surface area contributed by atoms with Gasteiger partial charge in [-0.1, -0.05) is 30.3 Å². The van der Waals surface area contributed by atoms with Gasteiger partial charge in [0.05, 0.1) is 5.69 Å². The maximum absolute atomic E-state index is 12.7. The van der Waals surface area contributed by atoms with Crippen molar-refractivity contribution in [1.29, 1.82) is 0 Å². The molecule has 0 aliphatic carbocycles. The highest BCUT2D eigenvalue weighted by molar-refractivity contribution is 6.14. The van der Waals surface area contributed by atoms with Crippen molar-refractivity contribution < 1.29 is 4.79 Å². The molecule has 0 spiro atoms. The van der Waals surface area contributed by atoms with E-state index in [0.717, 1.165) is 21.9 Å². The molecule has 0 saturated heterocycles. The molecule has 23 heavy (non-hydrogen) atoms. The molecule has 0 aliphatic heterocycles. The molecular weight excluding hydrogens is 284 g/mol. The molecule has 3 nitrogen and oxygen atoms in total. The normalized spacial score (nSPS) is 11.2. The smallest absolute Gasteiger partial charge is 0.209 e. The van der Waals surface area contributed by atoms with Crippen LogP contribution in [0.3, 0.4) is 0 Å². The average molecular weight is 300 g/mol. The molecule has 0 saturated carbocycles. The Morgan fingerprint density at radius 2 is 1.78 bits per heavy atom. The van der Waals surface area contributed by atoms with E-state index < -0.39 is 0 Å². The number of rotatable bonds is 2. The van der Waals surface area contributed by atoms with E-state index >= 15 is 0 Å². The van der Waals surface area contributed by atoms with E-state index in [-0.39, 0.29) is 5.78 Å². The van der Waals surface area contributed by atoms with E-state index in [2.05, 4.69) is 23.2 Å². The first-order chi connectivity index (χ1) is 11.1. The van der Waals surface area contributed by atoms with Crippen molar-refractivity contribution in [3.05, 3.63) is 77.5 Å². The molecule has 0 atom stereocenters. The van der Waals surface area contributed by atoms with Gasteiger partial charge in [-0.3, -0.25) is 4.79 Å². The molecule has 0 unspecified atom stereocenters. The summed E-state index contributed by atoms with van der Waals surface area (Å²) >= 11 is 0. The van der Waals surface area contributed by atoms with Crippen LogP contribution in [-0.4, -0.2) is 10.8 Å². The van der Waals surface area contributed by atoms with Crippen molar-refractivity contribution in [3.63, 3.8) is 0 Å². The minimum absolute atomic E-state index is 0.0200. The third-order valence-electron chi connectivity index (χ3n) is 4.31. The number of nitrogens with one attached hydrogen (secondary N) is 1. The Balaban J connectivity index is 1.87. The van der Waals surface area contributed by atoms with Crippen molar-refractivity contribution in [2.75, 3.05) is 5.73 Å². The lowest BCUT2D eigenvalue weighted by Crippen LogP contribution is -2.02. The lowest BCUT2D eigenvalue weighted by Gasteiger charge is -2.03. The van der Waals surface area contributed by atoms with Gasteiger partial charge in [-0.25, -0.2) is 0 Å². The van der Waals surface area contributed by atoms with Gasteiger partial charge >= 0.3 is 0 Å². The van der Waals surface area contributed by atoms with Crippen LogP contribution in [0.5, 0.6) is 0 Å². The summed E-state index contributed by atoms with van der Waals surface area (Å²) < 4.78 is 0. The molecule has 0 amide bonds. The van der Waals surface area contributed by atoms with Crippen molar-refractivity contribution >= 4 is 33.1 Å². The summed E-state index contributed by atoms with van der Waals surface area (Å²) in [4.78, 5) is 16.0. The van der Waals surface area contributed by atoms with Crippen LogP contribution in [0.2, 0.25) is 0 Å². The van der Waals surface area contributed by atoms with Crippen LogP contribution in [0.1, 0.15) is 21.6 Å². The van der Waals surface area contributed by atoms with Gasteiger partial charge in [0.15, 0.2) is 0 Å². The average Bonchev–Trinajstić information content (AvgIpc) is 3.01. The van der Waals surface area contributed by atoms with E-state index in [1.807, 2.05) is 37.3 Å². The standard InChI is InChI=1S/C20H16N2O/c1-12-10-14(6-8-17(12)21)20(23)19-11-16-15-5-3-2-4-13(15)7-9-18(16)22-19/h2-11,22H,21H2,1H3. The number of aromatic amines is 1. The Kier molecular flexibility index (Phi) is 2.95. The third-order valence-corrected chi connectivity index (χ3v) is 4.31. The second-order valence-corrected chi connectivity index (χ2v) is 5.83. The zero-order valence-corrected chi connectivity index (χ0v) is 12.8. The molecule has 0 bridgehead atoms. The van der Waals surface area contributed by atoms with E-state index in [0.29, 0.717) is 16.9 Å². The van der Waals surface area contributed by atoms with Gasteiger partial charge in [0.2, 0.25) is 5.78 Å². The number of carbonyl (C=O) groups is 1. The van der Waals surface area contributed by atoms with Crippen LogP contribution >= 0.6 is 0 Å². The number of aryl methyl sites for hydroxylation is 1. The Bertz CT molecular complexity index is 1060. The van der Waals surface area contributed by atoms with Crippen molar-refractivity contribution in [3.8, 4) is 0 Å². The molecule has 4 aromatic rings. The van der Waals surface area contributed by atoms with Gasteiger partial charge in [-0.2, -0.15) is 0 Å². The summed E-state index contributed by atoms with van der Waals surface area (Å²) in [5.41, 5.74) is 9.66. The first-order valence-corrected chi connectivity index (χ1v) is 7.55. The molecule has 3 heteroatoms. The summed E-state index contributed by atoms with van der Waals surface area (Å²) in [6.07, 6.45) is 0. The Morgan fingerprint density at radius 1 is 0.957 bits per heavy atom.